The molecule has 0 radical (unpaired) electrons. The van der Waals surface area contributed by atoms with E-state index in [1.807, 2.05) is 59.5 Å². The molecule has 0 saturated carbocycles. The van der Waals surface area contributed by atoms with Crippen molar-refractivity contribution in [1.82, 2.24) is 15.1 Å². The fraction of sp³-hybridized carbons (Fsp3) is 0.214. The summed E-state index contributed by atoms with van der Waals surface area (Å²) in [5, 5.41) is 7.59. The Morgan fingerprint density at radius 1 is 0.970 bits per heavy atom. The highest BCUT2D eigenvalue weighted by Gasteiger charge is 2.42. The third-order valence-corrected chi connectivity index (χ3v) is 6.34. The second-order valence-electron chi connectivity index (χ2n) is 8.73. The van der Waals surface area contributed by atoms with Gasteiger partial charge in [-0.1, -0.05) is 80.6 Å². The molecule has 1 aliphatic heterocycles. The summed E-state index contributed by atoms with van der Waals surface area (Å²) in [6, 6.07) is 26.3. The van der Waals surface area contributed by atoms with Crippen LogP contribution in [0.5, 0.6) is 5.75 Å². The Hall–Kier alpha value is -3.86. The molecule has 1 atom stereocenters. The van der Waals surface area contributed by atoms with E-state index in [9.17, 15) is 4.79 Å². The van der Waals surface area contributed by atoms with Crippen molar-refractivity contribution in [3.63, 3.8) is 0 Å². The summed E-state index contributed by atoms with van der Waals surface area (Å²) < 4.78 is 5.29. The van der Waals surface area contributed by atoms with E-state index in [-0.39, 0.29) is 11.9 Å². The van der Waals surface area contributed by atoms with Crippen LogP contribution in [0.3, 0.4) is 0 Å². The molecule has 0 bridgehead atoms. The van der Waals surface area contributed by atoms with Crippen molar-refractivity contribution in [2.45, 2.75) is 32.4 Å². The maximum Gasteiger partial charge on any atom is 0.273 e. The number of carbonyl (C=O) groups is 1. The number of aromatic nitrogens is 2. The van der Waals surface area contributed by atoms with Crippen LogP contribution in [0.15, 0.2) is 78.9 Å². The molecule has 1 amide bonds. The van der Waals surface area contributed by atoms with Crippen molar-refractivity contribution >= 4 is 5.91 Å². The molecule has 0 spiro atoms. The van der Waals surface area contributed by atoms with E-state index in [1.54, 1.807) is 7.11 Å². The Kier molecular flexibility index (Phi) is 5.47. The molecule has 1 unspecified atom stereocenters. The molecule has 1 N–H and O–H groups in total. The predicted molar refractivity (Wildman–Crippen MR) is 129 cm³/mol. The fourth-order valence-electron chi connectivity index (χ4n) is 4.51. The molecule has 166 valence electrons. The minimum atomic E-state index is -0.218. The van der Waals surface area contributed by atoms with Gasteiger partial charge in [0.15, 0.2) is 0 Å². The van der Waals surface area contributed by atoms with E-state index in [0.29, 0.717) is 18.2 Å². The minimum absolute atomic E-state index is 0.0339. The molecule has 0 saturated heterocycles. The van der Waals surface area contributed by atoms with Gasteiger partial charge in [-0.25, -0.2) is 0 Å². The van der Waals surface area contributed by atoms with Gasteiger partial charge < -0.3 is 9.64 Å². The molecule has 5 heteroatoms. The van der Waals surface area contributed by atoms with Gasteiger partial charge in [-0.05, 0) is 34.7 Å². The van der Waals surface area contributed by atoms with Gasteiger partial charge in [0.25, 0.3) is 5.91 Å². The number of benzene rings is 3. The number of carbonyl (C=O) groups excluding carboxylic acids is 1. The van der Waals surface area contributed by atoms with E-state index in [1.165, 1.54) is 5.56 Å². The van der Waals surface area contributed by atoms with Crippen LogP contribution in [0.1, 0.15) is 58.5 Å². The third kappa shape index (κ3) is 3.80. The molecule has 4 aromatic rings. The number of H-pyrrole nitrogens is 1. The van der Waals surface area contributed by atoms with Crippen LogP contribution in [0, 0.1) is 0 Å². The quantitative estimate of drug-likeness (QED) is 0.405. The third-order valence-electron chi connectivity index (χ3n) is 6.34. The van der Waals surface area contributed by atoms with Gasteiger partial charge in [-0.2, -0.15) is 5.10 Å². The van der Waals surface area contributed by atoms with Crippen LogP contribution in [0.2, 0.25) is 0 Å². The van der Waals surface area contributed by atoms with Gasteiger partial charge in [-0.15, -0.1) is 0 Å². The van der Waals surface area contributed by atoms with Crippen LogP contribution in [-0.2, 0) is 6.54 Å². The first-order valence-corrected chi connectivity index (χ1v) is 11.2. The standard InChI is InChI=1S/C28H27N3O2/c1-18(2)20-11-13-22(14-12-20)27-24-25(21-7-5-4-6-8-21)29-30-26(24)28(32)31(27)17-19-9-15-23(33-3)16-10-19/h4-16,18,27H,17H2,1-3H3,(H,29,30). The minimum Gasteiger partial charge on any atom is -0.497 e. The summed E-state index contributed by atoms with van der Waals surface area (Å²) in [7, 11) is 1.65. The first-order valence-electron chi connectivity index (χ1n) is 11.2. The van der Waals surface area contributed by atoms with E-state index < -0.39 is 0 Å². The van der Waals surface area contributed by atoms with Crippen molar-refractivity contribution in [1.29, 1.82) is 0 Å². The Morgan fingerprint density at radius 3 is 2.30 bits per heavy atom. The number of hydrogen-bond acceptors (Lipinski definition) is 3. The van der Waals surface area contributed by atoms with Gasteiger partial charge in [-0.3, -0.25) is 9.89 Å². The molecule has 5 nitrogen and oxygen atoms in total. The van der Waals surface area contributed by atoms with Crippen LogP contribution in [0.25, 0.3) is 11.3 Å². The SMILES string of the molecule is COc1ccc(CN2C(=O)c3[nH]nc(-c4ccccc4)c3C2c2ccc(C(C)C)cc2)cc1. The number of rotatable bonds is 6. The van der Waals surface area contributed by atoms with Crippen LogP contribution < -0.4 is 4.74 Å². The normalized spacial score (nSPS) is 15.2. The zero-order valence-electron chi connectivity index (χ0n) is 19.1. The van der Waals surface area contributed by atoms with Crippen LogP contribution in [-0.4, -0.2) is 28.1 Å². The highest BCUT2D eigenvalue weighted by Crippen LogP contribution is 2.43. The molecule has 33 heavy (non-hydrogen) atoms. The topological polar surface area (TPSA) is 58.2 Å². The smallest absolute Gasteiger partial charge is 0.273 e. The number of nitrogens with zero attached hydrogens (tertiary/aromatic N) is 2. The second-order valence-corrected chi connectivity index (χ2v) is 8.73. The van der Waals surface area contributed by atoms with E-state index in [4.69, 9.17) is 4.74 Å². The first kappa shape index (κ1) is 21.0. The molecular weight excluding hydrogens is 410 g/mol. The van der Waals surface area contributed by atoms with Crippen LogP contribution >= 0.6 is 0 Å². The summed E-state index contributed by atoms with van der Waals surface area (Å²) in [6.45, 7) is 4.87. The Labute approximate surface area is 194 Å². The summed E-state index contributed by atoms with van der Waals surface area (Å²) in [4.78, 5) is 15.5. The molecule has 2 heterocycles. The zero-order chi connectivity index (χ0) is 22.9. The van der Waals surface area contributed by atoms with Crippen molar-refractivity contribution in [2.75, 3.05) is 7.11 Å². The average Bonchev–Trinajstić information content (AvgIpc) is 3.39. The number of aromatic amines is 1. The maximum absolute atomic E-state index is 13.6. The zero-order valence-corrected chi connectivity index (χ0v) is 19.1. The van der Waals surface area contributed by atoms with E-state index in [2.05, 4.69) is 48.3 Å². The lowest BCUT2D eigenvalue weighted by molar-refractivity contribution is 0.0730. The predicted octanol–water partition coefficient (Wildman–Crippen LogP) is 5.95. The lowest BCUT2D eigenvalue weighted by atomic mass is 9.93. The second kappa shape index (κ2) is 8.58. The number of hydrogen-bond donors (Lipinski definition) is 1. The highest BCUT2D eigenvalue weighted by molar-refractivity contribution is 6.00. The van der Waals surface area contributed by atoms with E-state index >= 15 is 0 Å². The molecule has 5 rings (SSSR count). The molecule has 0 aliphatic carbocycles. The van der Waals surface area contributed by atoms with E-state index in [0.717, 1.165) is 33.7 Å². The Balaban J connectivity index is 1.60. The summed E-state index contributed by atoms with van der Waals surface area (Å²) in [5.74, 6) is 1.21. The summed E-state index contributed by atoms with van der Waals surface area (Å²) >= 11 is 0. The number of nitrogens with one attached hydrogen (secondary N) is 1. The Bertz CT molecular complexity index is 1260. The molecular formula is C28H27N3O2. The van der Waals surface area contributed by atoms with Crippen molar-refractivity contribution in [3.8, 4) is 17.0 Å². The number of ether oxygens (including phenoxy) is 1. The Morgan fingerprint density at radius 2 is 1.67 bits per heavy atom. The fourth-order valence-corrected chi connectivity index (χ4v) is 4.51. The maximum atomic E-state index is 13.6. The van der Waals surface area contributed by atoms with Crippen molar-refractivity contribution in [3.05, 3.63) is 107 Å². The lowest BCUT2D eigenvalue weighted by Crippen LogP contribution is -2.29. The molecule has 1 aliphatic rings. The van der Waals surface area contributed by atoms with Gasteiger partial charge in [0.05, 0.1) is 18.8 Å². The van der Waals surface area contributed by atoms with Gasteiger partial charge in [0, 0.05) is 17.7 Å². The van der Waals surface area contributed by atoms with Crippen LogP contribution in [0.4, 0.5) is 0 Å². The lowest BCUT2D eigenvalue weighted by Gasteiger charge is -2.27. The van der Waals surface area contributed by atoms with Gasteiger partial charge in [0.2, 0.25) is 0 Å². The highest BCUT2D eigenvalue weighted by atomic mass is 16.5. The summed E-state index contributed by atoms with van der Waals surface area (Å²) in [5.41, 5.74) is 6.75. The molecule has 1 aromatic heterocycles. The van der Waals surface area contributed by atoms with Crippen molar-refractivity contribution < 1.29 is 9.53 Å². The number of methoxy groups -OCH3 is 1. The van der Waals surface area contributed by atoms with Gasteiger partial charge >= 0.3 is 0 Å². The largest absolute Gasteiger partial charge is 0.497 e. The monoisotopic (exact) mass is 437 g/mol. The van der Waals surface area contributed by atoms with Gasteiger partial charge in [0.1, 0.15) is 11.4 Å². The molecule has 0 fully saturated rings. The molecule has 3 aromatic carbocycles. The van der Waals surface area contributed by atoms with Crippen molar-refractivity contribution in [2.24, 2.45) is 0 Å². The first-order chi connectivity index (χ1) is 16.1. The summed E-state index contributed by atoms with van der Waals surface area (Å²) in [6.07, 6.45) is 0. The number of amides is 1. The number of fused-ring (bicyclic) bond motifs is 1. The average molecular weight is 438 g/mol.